The quantitative estimate of drug-likeness (QED) is 0.307. The molecule has 0 saturated heterocycles. The van der Waals surface area contributed by atoms with Crippen molar-refractivity contribution in [2.75, 3.05) is 11.1 Å². The molecule has 0 fully saturated rings. The lowest BCUT2D eigenvalue weighted by Gasteiger charge is -2.38. The molecule has 1 atom stereocenters. The third-order valence-electron chi connectivity index (χ3n) is 5.46. The van der Waals surface area contributed by atoms with Crippen molar-refractivity contribution in [1.82, 2.24) is 14.8 Å². The molecule has 1 N–H and O–H groups in total. The van der Waals surface area contributed by atoms with E-state index in [4.69, 9.17) is 0 Å². The maximum atomic E-state index is 13.2. The van der Waals surface area contributed by atoms with E-state index in [1.54, 1.807) is 28.6 Å². The van der Waals surface area contributed by atoms with Gasteiger partial charge in [0.1, 0.15) is 6.04 Å². The molecular weight excluding hydrogens is 402 g/mol. The molecule has 0 unspecified atom stereocenters. The number of non-ortho nitro benzene ring substituents is 1. The Kier molecular flexibility index (Phi) is 5.40. The number of unbranched alkanes of at least 4 members (excludes halogenated alkanes) is 1. The Morgan fingerprint density at radius 1 is 1.30 bits per heavy atom. The molecule has 1 aliphatic heterocycles. The zero-order valence-electron chi connectivity index (χ0n) is 17.3. The third kappa shape index (κ3) is 3.86. The van der Waals surface area contributed by atoms with Crippen molar-refractivity contribution in [2.24, 2.45) is 5.41 Å². The number of nitro benzene ring substituents is 1. The Balaban J connectivity index is 1.78. The number of nitrogens with zero attached hydrogens (tertiary/aromatic N) is 4. The molecule has 0 spiro atoms. The standard InChI is InChI=1S/C21H25N5O3S/c1-4-5-10-30-20-23-19-22-15-11-21(2,3)12-16(27)17(15)18(25(19)24-20)13-6-8-14(9-7-13)26(28)29/h6-9,18H,4-5,10-12H2,1-3H3,(H,22,23,24)/t18-/m1/s1. The summed E-state index contributed by atoms with van der Waals surface area (Å²) in [6, 6.07) is 5.93. The SMILES string of the molecule is CCCCSc1nc2n(n1)[C@H](c1ccc([N+](=O)[O-])cc1)C1=C(CC(C)(C)CC1=O)N2. The van der Waals surface area contributed by atoms with Gasteiger partial charge in [-0.3, -0.25) is 14.9 Å². The highest BCUT2D eigenvalue weighted by molar-refractivity contribution is 7.99. The molecular formula is C21H25N5O3S. The van der Waals surface area contributed by atoms with E-state index in [0.29, 0.717) is 23.1 Å². The Labute approximate surface area is 179 Å². The fraction of sp³-hybridized carbons (Fsp3) is 0.476. The number of Topliss-reactive ketones (excluding diaryl/α,β-unsaturated/α-hetero) is 1. The van der Waals surface area contributed by atoms with Gasteiger partial charge in [0.2, 0.25) is 11.1 Å². The molecule has 1 aromatic heterocycles. The van der Waals surface area contributed by atoms with Gasteiger partial charge in [-0.2, -0.15) is 4.98 Å². The second-order valence-electron chi connectivity index (χ2n) is 8.57. The van der Waals surface area contributed by atoms with Gasteiger partial charge in [-0.25, -0.2) is 4.68 Å². The maximum Gasteiger partial charge on any atom is 0.269 e. The molecule has 2 aliphatic rings. The van der Waals surface area contributed by atoms with Gasteiger partial charge in [-0.1, -0.05) is 39.0 Å². The summed E-state index contributed by atoms with van der Waals surface area (Å²) in [5, 5.41) is 19.8. The number of thioether (sulfide) groups is 1. The second-order valence-corrected chi connectivity index (χ2v) is 9.64. The van der Waals surface area contributed by atoms with Crippen molar-refractivity contribution in [3.05, 3.63) is 51.2 Å². The van der Waals surface area contributed by atoms with E-state index < -0.39 is 11.0 Å². The summed E-state index contributed by atoms with van der Waals surface area (Å²) in [4.78, 5) is 28.5. The Hall–Kier alpha value is -2.68. The molecule has 158 valence electrons. The minimum Gasteiger partial charge on any atom is -0.328 e. The van der Waals surface area contributed by atoms with Crippen molar-refractivity contribution in [1.29, 1.82) is 0 Å². The summed E-state index contributed by atoms with van der Waals surface area (Å²) >= 11 is 1.60. The molecule has 30 heavy (non-hydrogen) atoms. The number of hydrogen-bond acceptors (Lipinski definition) is 7. The number of hydrogen-bond donors (Lipinski definition) is 1. The van der Waals surface area contributed by atoms with E-state index in [9.17, 15) is 14.9 Å². The number of rotatable bonds is 6. The fourth-order valence-corrected chi connectivity index (χ4v) is 4.96. The summed E-state index contributed by atoms with van der Waals surface area (Å²) in [5.74, 6) is 1.63. The molecule has 0 amide bonds. The van der Waals surface area contributed by atoms with E-state index in [1.165, 1.54) is 12.1 Å². The van der Waals surface area contributed by atoms with E-state index in [2.05, 4.69) is 36.2 Å². The number of carbonyl (C=O) groups is 1. The fourth-order valence-electron chi connectivity index (χ4n) is 4.04. The topological polar surface area (TPSA) is 103 Å². The van der Waals surface area contributed by atoms with Gasteiger partial charge in [0.05, 0.1) is 4.92 Å². The van der Waals surface area contributed by atoms with E-state index in [-0.39, 0.29) is 16.9 Å². The Bertz CT molecular complexity index is 1030. The number of aromatic nitrogens is 3. The zero-order chi connectivity index (χ0) is 21.5. The summed E-state index contributed by atoms with van der Waals surface area (Å²) < 4.78 is 1.75. The highest BCUT2D eigenvalue weighted by Gasteiger charge is 2.41. The van der Waals surface area contributed by atoms with Crippen LogP contribution in [0.3, 0.4) is 0 Å². The van der Waals surface area contributed by atoms with Crippen LogP contribution < -0.4 is 5.32 Å². The Morgan fingerprint density at radius 3 is 2.70 bits per heavy atom. The van der Waals surface area contributed by atoms with Crippen LogP contribution >= 0.6 is 11.8 Å². The third-order valence-corrected chi connectivity index (χ3v) is 6.39. The maximum absolute atomic E-state index is 13.2. The number of nitrogens with one attached hydrogen (secondary N) is 1. The smallest absolute Gasteiger partial charge is 0.269 e. The molecule has 4 rings (SSSR count). The average Bonchev–Trinajstić information content (AvgIpc) is 3.08. The monoisotopic (exact) mass is 427 g/mol. The van der Waals surface area contributed by atoms with Crippen LogP contribution in [0.15, 0.2) is 40.7 Å². The van der Waals surface area contributed by atoms with Gasteiger partial charge in [0, 0.05) is 35.6 Å². The molecule has 0 saturated carbocycles. The van der Waals surface area contributed by atoms with Crippen molar-refractivity contribution >= 4 is 29.2 Å². The van der Waals surface area contributed by atoms with Crippen LogP contribution in [0.2, 0.25) is 0 Å². The van der Waals surface area contributed by atoms with Crippen LogP contribution in [0.25, 0.3) is 0 Å². The van der Waals surface area contributed by atoms with E-state index in [0.717, 1.165) is 36.3 Å². The minimum absolute atomic E-state index is 0.0209. The lowest BCUT2D eigenvalue weighted by atomic mass is 9.73. The largest absolute Gasteiger partial charge is 0.328 e. The molecule has 1 aromatic carbocycles. The summed E-state index contributed by atoms with van der Waals surface area (Å²) in [7, 11) is 0. The predicted octanol–water partition coefficient (Wildman–Crippen LogP) is 4.74. The molecule has 0 radical (unpaired) electrons. The zero-order valence-corrected chi connectivity index (χ0v) is 18.2. The highest BCUT2D eigenvalue weighted by atomic mass is 32.2. The van der Waals surface area contributed by atoms with Gasteiger partial charge in [-0.15, -0.1) is 5.10 Å². The van der Waals surface area contributed by atoms with Crippen molar-refractivity contribution < 1.29 is 9.72 Å². The number of carbonyl (C=O) groups excluding carboxylic acids is 1. The van der Waals surface area contributed by atoms with Crippen molar-refractivity contribution in [3.8, 4) is 0 Å². The van der Waals surface area contributed by atoms with Gasteiger partial charge in [0.25, 0.3) is 5.69 Å². The van der Waals surface area contributed by atoms with Crippen LogP contribution in [0.1, 0.15) is 58.1 Å². The number of nitro groups is 1. The first kappa shape index (κ1) is 20.6. The Morgan fingerprint density at radius 2 is 2.03 bits per heavy atom. The molecule has 0 bridgehead atoms. The molecule has 1 aliphatic carbocycles. The van der Waals surface area contributed by atoms with Gasteiger partial charge in [0.15, 0.2) is 5.78 Å². The summed E-state index contributed by atoms with van der Waals surface area (Å²) in [5.41, 5.74) is 2.24. The number of ketones is 1. The van der Waals surface area contributed by atoms with E-state index >= 15 is 0 Å². The molecule has 2 aromatic rings. The molecule has 8 nitrogen and oxygen atoms in total. The minimum atomic E-state index is -0.436. The lowest BCUT2D eigenvalue weighted by Crippen LogP contribution is -2.36. The number of anilines is 1. The number of allylic oxidation sites excluding steroid dienone is 2. The van der Waals surface area contributed by atoms with Crippen LogP contribution in [-0.2, 0) is 4.79 Å². The van der Waals surface area contributed by atoms with Crippen LogP contribution in [-0.4, -0.2) is 31.2 Å². The number of fused-ring (bicyclic) bond motifs is 1. The van der Waals surface area contributed by atoms with Crippen LogP contribution in [0.4, 0.5) is 11.6 Å². The highest BCUT2D eigenvalue weighted by Crippen LogP contribution is 2.45. The average molecular weight is 428 g/mol. The van der Waals surface area contributed by atoms with Gasteiger partial charge in [-0.05, 0) is 36.0 Å². The van der Waals surface area contributed by atoms with Crippen molar-refractivity contribution in [3.63, 3.8) is 0 Å². The van der Waals surface area contributed by atoms with E-state index in [1.807, 2.05) is 0 Å². The van der Waals surface area contributed by atoms with Crippen molar-refractivity contribution in [2.45, 2.75) is 57.7 Å². The normalized spacial score (nSPS) is 19.8. The molecule has 2 heterocycles. The summed E-state index contributed by atoms with van der Waals surface area (Å²) in [6.45, 7) is 6.31. The molecule has 9 heteroatoms. The summed E-state index contributed by atoms with van der Waals surface area (Å²) in [6.07, 6.45) is 3.38. The first-order chi connectivity index (χ1) is 14.3. The first-order valence-electron chi connectivity index (χ1n) is 10.2. The van der Waals surface area contributed by atoms with Crippen LogP contribution in [0, 0.1) is 15.5 Å². The second kappa shape index (κ2) is 7.86. The number of benzene rings is 1. The van der Waals surface area contributed by atoms with Crippen LogP contribution in [0.5, 0.6) is 0 Å². The van der Waals surface area contributed by atoms with Gasteiger partial charge >= 0.3 is 0 Å². The van der Waals surface area contributed by atoms with Gasteiger partial charge < -0.3 is 5.32 Å². The lowest BCUT2D eigenvalue weighted by molar-refractivity contribution is -0.384. The predicted molar refractivity (Wildman–Crippen MR) is 116 cm³/mol. The first-order valence-corrected chi connectivity index (χ1v) is 11.1.